The molecule has 0 fully saturated rings. The fourth-order valence-corrected chi connectivity index (χ4v) is 4.29. The van der Waals surface area contributed by atoms with E-state index in [0.717, 1.165) is 37.1 Å². The van der Waals surface area contributed by atoms with Gasteiger partial charge in [-0.2, -0.15) is 0 Å². The molecule has 3 aromatic heterocycles. The van der Waals surface area contributed by atoms with Crippen LogP contribution < -0.4 is 10.9 Å². The third kappa shape index (κ3) is 3.11. The fourth-order valence-electron chi connectivity index (χ4n) is 4.29. The van der Waals surface area contributed by atoms with Crippen molar-refractivity contribution in [1.82, 2.24) is 24.4 Å². The fraction of sp³-hybridized carbons (Fsp3) is 0.261. The maximum atomic E-state index is 12.8. The number of hydrogen-bond donors (Lipinski definition) is 1. The van der Waals surface area contributed by atoms with Gasteiger partial charge in [0.25, 0.3) is 5.56 Å². The Balaban J connectivity index is 1.55. The Hall–Kier alpha value is -3.32. The highest BCUT2D eigenvalue weighted by atomic mass is 19.1. The third-order valence-electron chi connectivity index (χ3n) is 5.87. The Kier molecular flexibility index (Phi) is 4.67. The van der Waals surface area contributed by atoms with Crippen LogP contribution in [-0.4, -0.2) is 32.2 Å². The summed E-state index contributed by atoms with van der Waals surface area (Å²) in [6, 6.07) is 9.62. The van der Waals surface area contributed by atoms with Crippen LogP contribution in [0.2, 0.25) is 0 Å². The number of hydrogen-bond acceptors (Lipinski definition) is 4. The van der Waals surface area contributed by atoms with Gasteiger partial charge in [-0.25, -0.2) is 14.4 Å². The largest absolute Gasteiger partial charge is 0.347 e. The molecule has 1 aromatic carbocycles. The van der Waals surface area contributed by atoms with Crippen molar-refractivity contribution in [2.45, 2.75) is 19.5 Å². The third-order valence-corrected chi connectivity index (χ3v) is 5.87. The lowest BCUT2D eigenvalue weighted by molar-refractivity contribution is 0.465. The average Bonchev–Trinajstić information content (AvgIpc) is 2.93. The van der Waals surface area contributed by atoms with E-state index in [2.05, 4.69) is 39.0 Å². The molecule has 4 aromatic rings. The topological polar surface area (TPSA) is 64.7 Å². The van der Waals surface area contributed by atoms with E-state index in [1.54, 1.807) is 29.2 Å². The first-order valence-corrected chi connectivity index (χ1v) is 10.1. The first kappa shape index (κ1) is 18.7. The summed E-state index contributed by atoms with van der Waals surface area (Å²) >= 11 is 0. The van der Waals surface area contributed by atoms with E-state index in [4.69, 9.17) is 0 Å². The summed E-state index contributed by atoms with van der Waals surface area (Å²) in [4.78, 5) is 20.8. The Morgan fingerprint density at radius 2 is 1.87 bits per heavy atom. The van der Waals surface area contributed by atoms with Gasteiger partial charge in [0.1, 0.15) is 6.67 Å². The van der Waals surface area contributed by atoms with Crippen molar-refractivity contribution in [2.24, 2.45) is 7.05 Å². The van der Waals surface area contributed by atoms with Crippen LogP contribution in [0.1, 0.15) is 17.1 Å². The van der Waals surface area contributed by atoms with Gasteiger partial charge in [0, 0.05) is 61.3 Å². The molecular weight excluding hydrogens is 381 g/mol. The Labute approximate surface area is 173 Å². The zero-order valence-corrected chi connectivity index (χ0v) is 16.7. The summed E-state index contributed by atoms with van der Waals surface area (Å²) in [6.07, 6.45) is 6.87. The van der Waals surface area contributed by atoms with Gasteiger partial charge in [-0.1, -0.05) is 6.07 Å². The number of aryl methyl sites for hydroxylation is 1. The lowest BCUT2D eigenvalue weighted by Crippen LogP contribution is -2.17. The van der Waals surface area contributed by atoms with Gasteiger partial charge in [0.2, 0.25) is 0 Å². The minimum absolute atomic E-state index is 0.136. The van der Waals surface area contributed by atoms with E-state index in [0.29, 0.717) is 11.1 Å². The molecule has 0 unspecified atom stereocenters. The Morgan fingerprint density at radius 3 is 2.63 bits per heavy atom. The molecule has 0 atom stereocenters. The zero-order valence-electron chi connectivity index (χ0n) is 16.7. The first-order valence-electron chi connectivity index (χ1n) is 10.1. The molecule has 0 saturated carbocycles. The second kappa shape index (κ2) is 7.50. The number of pyridine rings is 1. The van der Waals surface area contributed by atoms with E-state index in [9.17, 15) is 9.18 Å². The van der Waals surface area contributed by atoms with Crippen LogP contribution in [0.15, 0.2) is 53.7 Å². The summed E-state index contributed by atoms with van der Waals surface area (Å²) in [7, 11) is 2.10. The first-order chi connectivity index (χ1) is 14.7. The number of halogens is 1. The van der Waals surface area contributed by atoms with Crippen molar-refractivity contribution >= 4 is 10.9 Å². The normalized spacial score (nSPS) is 13.9. The van der Waals surface area contributed by atoms with Gasteiger partial charge >= 0.3 is 0 Å². The predicted molar refractivity (Wildman–Crippen MR) is 115 cm³/mol. The molecule has 152 valence electrons. The Bertz CT molecular complexity index is 1290. The van der Waals surface area contributed by atoms with Crippen molar-refractivity contribution < 1.29 is 4.39 Å². The van der Waals surface area contributed by atoms with Crippen LogP contribution in [0.4, 0.5) is 4.39 Å². The van der Waals surface area contributed by atoms with Crippen molar-refractivity contribution in [2.75, 3.05) is 13.1 Å². The molecule has 0 amide bonds. The zero-order chi connectivity index (χ0) is 20.7. The number of nitrogens with one attached hydrogen (secondary N) is 1. The van der Waals surface area contributed by atoms with Gasteiger partial charge in [-0.15, -0.1) is 0 Å². The number of benzene rings is 1. The summed E-state index contributed by atoms with van der Waals surface area (Å²) in [5, 5.41) is 4.71. The van der Waals surface area contributed by atoms with E-state index in [-0.39, 0.29) is 11.4 Å². The van der Waals surface area contributed by atoms with Crippen molar-refractivity contribution in [3.05, 3.63) is 76.4 Å². The van der Waals surface area contributed by atoms with E-state index >= 15 is 0 Å². The molecule has 0 spiro atoms. The highest BCUT2D eigenvalue weighted by Crippen LogP contribution is 2.29. The predicted octanol–water partition coefficient (Wildman–Crippen LogP) is 2.94. The smallest absolute Gasteiger partial charge is 0.255 e. The highest BCUT2D eigenvalue weighted by Gasteiger charge is 2.17. The lowest BCUT2D eigenvalue weighted by atomic mass is 10.1. The lowest BCUT2D eigenvalue weighted by Gasteiger charge is -2.09. The summed E-state index contributed by atoms with van der Waals surface area (Å²) in [5.41, 5.74) is 6.01. The summed E-state index contributed by atoms with van der Waals surface area (Å²) in [5.74, 6) is 0.136. The van der Waals surface area contributed by atoms with Gasteiger partial charge in [-0.3, -0.25) is 9.36 Å². The van der Waals surface area contributed by atoms with Crippen molar-refractivity contribution in [3.63, 3.8) is 0 Å². The standard InChI is InChI=1S/C23H22FN5O/c1-28-20-5-8-25-7-4-19(20)18-3-2-17(11-21(18)28)29-9-6-15(10-23(29)30)16-13-26-22(12-24)27-14-16/h2-3,6,9-11,13-14,25H,4-5,7-8,12H2,1H3. The summed E-state index contributed by atoms with van der Waals surface area (Å²) in [6.45, 7) is 1.27. The van der Waals surface area contributed by atoms with Gasteiger partial charge < -0.3 is 9.88 Å². The van der Waals surface area contributed by atoms with E-state index in [1.165, 1.54) is 16.6 Å². The Morgan fingerprint density at radius 1 is 1.07 bits per heavy atom. The molecule has 6 nitrogen and oxygen atoms in total. The molecule has 1 aliphatic heterocycles. The van der Waals surface area contributed by atoms with Crippen LogP contribution >= 0.6 is 0 Å². The highest BCUT2D eigenvalue weighted by molar-refractivity contribution is 5.87. The van der Waals surface area contributed by atoms with Crippen LogP contribution in [0.25, 0.3) is 27.7 Å². The molecule has 1 N–H and O–H groups in total. The molecule has 0 aliphatic carbocycles. The minimum Gasteiger partial charge on any atom is -0.347 e. The molecule has 0 radical (unpaired) electrons. The molecule has 0 bridgehead atoms. The quantitative estimate of drug-likeness (QED) is 0.571. The second-order valence-corrected chi connectivity index (χ2v) is 7.58. The van der Waals surface area contributed by atoms with Crippen molar-refractivity contribution in [3.8, 4) is 16.8 Å². The molecule has 1 aliphatic rings. The molecule has 30 heavy (non-hydrogen) atoms. The number of aromatic nitrogens is 4. The van der Waals surface area contributed by atoms with E-state index < -0.39 is 6.67 Å². The molecular formula is C23H22FN5O. The van der Waals surface area contributed by atoms with Crippen molar-refractivity contribution in [1.29, 1.82) is 0 Å². The van der Waals surface area contributed by atoms with Crippen LogP contribution in [0.3, 0.4) is 0 Å². The van der Waals surface area contributed by atoms with Gasteiger partial charge in [0.05, 0.1) is 11.2 Å². The average molecular weight is 403 g/mol. The van der Waals surface area contributed by atoms with Crippen LogP contribution in [0, 0.1) is 0 Å². The maximum Gasteiger partial charge on any atom is 0.255 e. The second-order valence-electron chi connectivity index (χ2n) is 7.58. The van der Waals surface area contributed by atoms with Crippen LogP contribution in [-0.2, 0) is 26.6 Å². The molecule has 0 saturated heterocycles. The van der Waals surface area contributed by atoms with Gasteiger partial charge in [-0.05, 0) is 42.3 Å². The maximum absolute atomic E-state index is 12.8. The van der Waals surface area contributed by atoms with Gasteiger partial charge in [0.15, 0.2) is 5.82 Å². The minimum atomic E-state index is -0.705. The summed E-state index contributed by atoms with van der Waals surface area (Å²) < 4.78 is 16.5. The number of rotatable bonds is 3. The SMILES string of the molecule is Cn1c2c(c3ccc(-n4ccc(-c5cnc(CF)nc5)cc4=O)cc31)CCNCC2. The molecule has 7 heteroatoms. The number of alkyl halides is 1. The number of fused-ring (bicyclic) bond motifs is 3. The monoisotopic (exact) mass is 403 g/mol. The van der Waals surface area contributed by atoms with Crippen LogP contribution in [0.5, 0.6) is 0 Å². The number of nitrogens with zero attached hydrogens (tertiary/aromatic N) is 4. The molecule has 4 heterocycles. The molecule has 5 rings (SSSR count). The van der Waals surface area contributed by atoms with E-state index in [1.807, 2.05) is 12.1 Å².